The Labute approximate surface area is 155 Å². The number of nitrogens with zero attached hydrogens (tertiary/aromatic N) is 5. The van der Waals surface area contributed by atoms with Crippen LogP contribution in [0.3, 0.4) is 0 Å². The summed E-state index contributed by atoms with van der Waals surface area (Å²) in [6, 6.07) is 0.465. The Hall–Kier alpha value is -1.24. The number of hydrogen-bond acceptors (Lipinski definition) is 5. The third-order valence-electron chi connectivity index (χ3n) is 5.17. The van der Waals surface area contributed by atoms with Gasteiger partial charge < -0.3 is 0 Å². The van der Waals surface area contributed by atoms with Crippen molar-refractivity contribution in [2.24, 2.45) is 13.0 Å². The molecule has 2 atom stereocenters. The zero-order chi connectivity index (χ0) is 18.0. The van der Waals surface area contributed by atoms with E-state index in [4.69, 9.17) is 0 Å². The van der Waals surface area contributed by atoms with Gasteiger partial charge in [0.25, 0.3) is 0 Å². The highest BCUT2D eigenvalue weighted by Crippen LogP contribution is 2.35. The standard InChI is InChI=1S/C19H31N5S/c1-14(2)17-10-20-18(25-17)13-22(3)11-15-7-6-8-23(4)19(15)16-9-21-24(5)12-16/h9-10,12,14-15,19H,6-8,11,13H2,1-5H3/t15-,19+/m0/s1. The fraction of sp³-hybridized carbons (Fsp3) is 0.684. The van der Waals surface area contributed by atoms with Crippen molar-refractivity contribution < 1.29 is 0 Å². The van der Waals surface area contributed by atoms with E-state index in [1.807, 2.05) is 35.5 Å². The molecule has 0 aromatic carbocycles. The summed E-state index contributed by atoms with van der Waals surface area (Å²) < 4.78 is 1.92. The zero-order valence-corrected chi connectivity index (χ0v) is 17.0. The number of aryl methyl sites for hydroxylation is 1. The minimum Gasteiger partial charge on any atom is -0.299 e. The van der Waals surface area contributed by atoms with Crippen molar-refractivity contribution in [3.8, 4) is 0 Å². The van der Waals surface area contributed by atoms with Crippen molar-refractivity contribution in [3.05, 3.63) is 34.0 Å². The van der Waals surface area contributed by atoms with Gasteiger partial charge in [-0.15, -0.1) is 11.3 Å². The maximum atomic E-state index is 4.62. The summed E-state index contributed by atoms with van der Waals surface area (Å²) in [5.41, 5.74) is 1.35. The minimum atomic E-state index is 0.465. The topological polar surface area (TPSA) is 37.2 Å². The van der Waals surface area contributed by atoms with Gasteiger partial charge in [0.1, 0.15) is 5.01 Å². The molecule has 0 amide bonds. The summed E-state index contributed by atoms with van der Waals surface area (Å²) in [6.45, 7) is 7.68. The number of rotatable bonds is 6. The van der Waals surface area contributed by atoms with Crippen molar-refractivity contribution >= 4 is 11.3 Å². The Morgan fingerprint density at radius 1 is 1.32 bits per heavy atom. The van der Waals surface area contributed by atoms with Gasteiger partial charge in [0.2, 0.25) is 0 Å². The molecule has 2 aromatic heterocycles. The SMILES string of the molecule is CC(C)c1cnc(CN(C)C[C@@H]2CCCN(C)[C@H]2c2cnn(C)c2)s1. The average Bonchev–Trinajstić information content (AvgIpc) is 3.16. The van der Waals surface area contributed by atoms with Gasteiger partial charge in [0.05, 0.1) is 12.7 Å². The van der Waals surface area contributed by atoms with Crippen molar-refractivity contribution in [1.29, 1.82) is 0 Å². The first-order valence-corrected chi connectivity index (χ1v) is 10.1. The molecule has 1 aliphatic rings. The molecule has 0 spiro atoms. The van der Waals surface area contributed by atoms with Crippen LogP contribution in [0.25, 0.3) is 0 Å². The van der Waals surface area contributed by atoms with Crippen LogP contribution in [0.2, 0.25) is 0 Å². The van der Waals surface area contributed by atoms with Crippen LogP contribution in [-0.2, 0) is 13.6 Å². The van der Waals surface area contributed by atoms with E-state index in [1.54, 1.807) is 0 Å². The van der Waals surface area contributed by atoms with Gasteiger partial charge in [-0.25, -0.2) is 4.98 Å². The summed E-state index contributed by atoms with van der Waals surface area (Å²) in [4.78, 5) is 10.9. The molecule has 0 unspecified atom stereocenters. The molecule has 3 rings (SSSR count). The second-order valence-corrected chi connectivity index (χ2v) is 8.93. The van der Waals surface area contributed by atoms with Gasteiger partial charge in [-0.1, -0.05) is 13.8 Å². The summed E-state index contributed by atoms with van der Waals surface area (Å²) in [6.07, 6.45) is 8.82. The van der Waals surface area contributed by atoms with E-state index in [9.17, 15) is 0 Å². The minimum absolute atomic E-state index is 0.465. The maximum Gasteiger partial charge on any atom is 0.107 e. The van der Waals surface area contributed by atoms with Crippen LogP contribution in [0.4, 0.5) is 0 Å². The third-order valence-corrected chi connectivity index (χ3v) is 6.45. The Bertz CT molecular complexity index is 677. The Morgan fingerprint density at radius 3 is 2.76 bits per heavy atom. The van der Waals surface area contributed by atoms with E-state index in [0.29, 0.717) is 17.9 Å². The fourth-order valence-electron chi connectivity index (χ4n) is 3.93. The van der Waals surface area contributed by atoms with Gasteiger partial charge in [0.15, 0.2) is 0 Å². The van der Waals surface area contributed by atoms with Crippen LogP contribution in [0, 0.1) is 5.92 Å². The first-order chi connectivity index (χ1) is 11.9. The van der Waals surface area contributed by atoms with E-state index < -0.39 is 0 Å². The highest BCUT2D eigenvalue weighted by molar-refractivity contribution is 7.11. The highest BCUT2D eigenvalue weighted by atomic mass is 32.1. The van der Waals surface area contributed by atoms with Crippen molar-refractivity contribution in [2.45, 2.75) is 45.2 Å². The number of aromatic nitrogens is 3. The molecule has 2 aromatic rings. The monoisotopic (exact) mass is 361 g/mol. The van der Waals surface area contributed by atoms with Gasteiger partial charge in [-0.2, -0.15) is 5.10 Å². The van der Waals surface area contributed by atoms with Crippen LogP contribution >= 0.6 is 11.3 Å². The summed E-state index contributed by atoms with van der Waals surface area (Å²) in [5, 5.41) is 5.62. The van der Waals surface area contributed by atoms with Crippen LogP contribution in [0.5, 0.6) is 0 Å². The number of piperidine rings is 1. The van der Waals surface area contributed by atoms with E-state index >= 15 is 0 Å². The molecule has 1 fully saturated rings. The zero-order valence-electron chi connectivity index (χ0n) is 16.1. The highest BCUT2D eigenvalue weighted by Gasteiger charge is 2.32. The van der Waals surface area contributed by atoms with Crippen molar-refractivity contribution in [2.75, 3.05) is 27.2 Å². The lowest BCUT2D eigenvalue weighted by Crippen LogP contribution is -2.40. The molecular formula is C19H31N5S. The molecule has 0 radical (unpaired) electrons. The lowest BCUT2D eigenvalue weighted by molar-refractivity contribution is 0.0925. The molecule has 1 saturated heterocycles. The number of likely N-dealkylation sites (tertiary alicyclic amines) is 1. The van der Waals surface area contributed by atoms with E-state index in [1.165, 1.54) is 34.8 Å². The Kier molecular flexibility index (Phi) is 5.92. The third kappa shape index (κ3) is 4.49. The molecule has 0 saturated carbocycles. The van der Waals surface area contributed by atoms with Crippen molar-refractivity contribution in [3.63, 3.8) is 0 Å². The summed E-state index contributed by atoms with van der Waals surface area (Å²) >= 11 is 1.86. The van der Waals surface area contributed by atoms with Crippen LogP contribution < -0.4 is 0 Å². The van der Waals surface area contributed by atoms with E-state index in [2.05, 4.69) is 54.0 Å². The predicted octanol–water partition coefficient (Wildman–Crippen LogP) is 3.51. The summed E-state index contributed by atoms with van der Waals surface area (Å²) in [7, 11) is 6.48. The molecule has 0 bridgehead atoms. The molecule has 6 heteroatoms. The quantitative estimate of drug-likeness (QED) is 0.789. The summed E-state index contributed by atoms with van der Waals surface area (Å²) in [5.74, 6) is 1.20. The van der Waals surface area contributed by atoms with Gasteiger partial charge in [0, 0.05) is 42.5 Å². The van der Waals surface area contributed by atoms with E-state index in [-0.39, 0.29) is 0 Å². The second kappa shape index (κ2) is 7.98. The van der Waals surface area contributed by atoms with E-state index in [0.717, 1.165) is 13.1 Å². The second-order valence-electron chi connectivity index (χ2n) is 7.78. The maximum absolute atomic E-state index is 4.62. The molecule has 0 aliphatic carbocycles. The molecule has 1 aliphatic heterocycles. The molecular weight excluding hydrogens is 330 g/mol. The largest absolute Gasteiger partial charge is 0.299 e. The smallest absolute Gasteiger partial charge is 0.107 e. The molecule has 138 valence electrons. The molecule has 5 nitrogen and oxygen atoms in total. The molecule has 25 heavy (non-hydrogen) atoms. The molecule has 3 heterocycles. The van der Waals surface area contributed by atoms with Gasteiger partial charge in [-0.05, 0) is 45.3 Å². The van der Waals surface area contributed by atoms with Gasteiger partial charge in [-0.3, -0.25) is 14.5 Å². The van der Waals surface area contributed by atoms with Crippen LogP contribution in [0.15, 0.2) is 18.6 Å². The molecule has 0 N–H and O–H groups in total. The Morgan fingerprint density at radius 2 is 2.12 bits per heavy atom. The van der Waals surface area contributed by atoms with Crippen LogP contribution in [0.1, 0.15) is 54.1 Å². The predicted molar refractivity (Wildman–Crippen MR) is 104 cm³/mol. The lowest BCUT2D eigenvalue weighted by atomic mass is 9.86. The fourth-order valence-corrected chi connectivity index (χ4v) is 4.93. The van der Waals surface area contributed by atoms with Crippen molar-refractivity contribution in [1.82, 2.24) is 24.6 Å². The first-order valence-electron chi connectivity index (χ1n) is 9.26. The number of hydrogen-bond donors (Lipinski definition) is 0. The Balaban J connectivity index is 1.66. The lowest BCUT2D eigenvalue weighted by Gasteiger charge is -2.40. The van der Waals surface area contributed by atoms with Crippen LogP contribution in [-0.4, -0.2) is 51.7 Å². The first kappa shape index (κ1) is 18.5. The average molecular weight is 362 g/mol. The van der Waals surface area contributed by atoms with Gasteiger partial charge >= 0.3 is 0 Å². The normalized spacial score (nSPS) is 22.2. The number of thiazole rings is 1.